The fourth-order valence-electron chi connectivity index (χ4n) is 2.45. The number of anilines is 1. The molecule has 0 bridgehead atoms. The molecule has 0 aliphatic carbocycles. The number of aromatic nitrogens is 1. The topological polar surface area (TPSA) is 72.8 Å². The molecule has 0 aliphatic heterocycles. The van der Waals surface area contributed by atoms with E-state index in [-0.39, 0.29) is 12.4 Å². The number of carbonyl (C=O) groups excluding carboxylic acids is 1. The number of ether oxygens (including phenoxy) is 2. The molecular formula is C21H20ClN3O3S. The standard InChI is InChI=1S/C21H20ClN3O3S/c1-2-27-20(26)11-17-14-29-21(24-17)25-23-12-15-7-4-6-10-19(15)28-13-16-8-3-5-9-18(16)22/h3-10,12,14H,2,11,13H2,1H3,(H,24,25). The summed E-state index contributed by atoms with van der Waals surface area (Å²) in [5.41, 5.74) is 5.25. The molecule has 1 N–H and O–H groups in total. The van der Waals surface area contributed by atoms with E-state index < -0.39 is 0 Å². The van der Waals surface area contributed by atoms with E-state index >= 15 is 0 Å². The summed E-state index contributed by atoms with van der Waals surface area (Å²) >= 11 is 7.55. The van der Waals surface area contributed by atoms with Crippen LogP contribution in [-0.4, -0.2) is 23.8 Å². The van der Waals surface area contributed by atoms with Crippen molar-refractivity contribution < 1.29 is 14.3 Å². The van der Waals surface area contributed by atoms with Gasteiger partial charge in [-0.05, 0) is 25.1 Å². The maximum absolute atomic E-state index is 11.5. The van der Waals surface area contributed by atoms with Crippen LogP contribution in [0.25, 0.3) is 0 Å². The molecule has 29 heavy (non-hydrogen) atoms. The third-order valence-corrected chi connectivity index (χ3v) is 4.97. The lowest BCUT2D eigenvalue weighted by atomic mass is 10.2. The van der Waals surface area contributed by atoms with Gasteiger partial charge in [0, 0.05) is 21.5 Å². The van der Waals surface area contributed by atoms with Crippen LogP contribution in [-0.2, 0) is 22.6 Å². The quantitative estimate of drug-likeness (QED) is 0.296. The van der Waals surface area contributed by atoms with Crippen molar-refractivity contribution >= 4 is 40.3 Å². The molecule has 3 aromatic rings. The fraction of sp³-hybridized carbons (Fsp3) is 0.190. The minimum Gasteiger partial charge on any atom is -0.488 e. The van der Waals surface area contributed by atoms with Gasteiger partial charge in [0.05, 0.1) is 24.9 Å². The highest BCUT2D eigenvalue weighted by atomic mass is 35.5. The molecule has 0 radical (unpaired) electrons. The van der Waals surface area contributed by atoms with Crippen LogP contribution in [0.5, 0.6) is 5.75 Å². The van der Waals surface area contributed by atoms with Crippen molar-refractivity contribution in [1.29, 1.82) is 0 Å². The second-order valence-electron chi connectivity index (χ2n) is 5.91. The summed E-state index contributed by atoms with van der Waals surface area (Å²) in [7, 11) is 0. The summed E-state index contributed by atoms with van der Waals surface area (Å²) in [4.78, 5) is 15.8. The van der Waals surface area contributed by atoms with Crippen LogP contribution >= 0.6 is 22.9 Å². The van der Waals surface area contributed by atoms with Gasteiger partial charge in [-0.15, -0.1) is 11.3 Å². The van der Waals surface area contributed by atoms with Crippen molar-refractivity contribution in [3.8, 4) is 5.75 Å². The number of hydrazone groups is 1. The molecule has 0 saturated heterocycles. The predicted molar refractivity (Wildman–Crippen MR) is 116 cm³/mol. The lowest BCUT2D eigenvalue weighted by Crippen LogP contribution is -2.07. The van der Waals surface area contributed by atoms with E-state index in [9.17, 15) is 4.79 Å². The summed E-state index contributed by atoms with van der Waals surface area (Å²) < 4.78 is 10.8. The molecule has 2 aromatic carbocycles. The van der Waals surface area contributed by atoms with Gasteiger partial charge in [0.2, 0.25) is 5.13 Å². The van der Waals surface area contributed by atoms with Crippen molar-refractivity contribution in [2.24, 2.45) is 5.10 Å². The number of benzene rings is 2. The van der Waals surface area contributed by atoms with E-state index in [4.69, 9.17) is 21.1 Å². The fourth-order valence-corrected chi connectivity index (χ4v) is 3.30. The average molecular weight is 430 g/mol. The summed E-state index contributed by atoms with van der Waals surface area (Å²) in [6.45, 7) is 2.49. The highest BCUT2D eigenvalue weighted by Crippen LogP contribution is 2.21. The molecule has 1 heterocycles. The Kier molecular flexibility index (Phi) is 7.61. The minimum atomic E-state index is -0.294. The molecule has 0 unspecified atom stereocenters. The van der Waals surface area contributed by atoms with Gasteiger partial charge in [-0.25, -0.2) is 4.98 Å². The number of para-hydroxylation sites is 1. The Morgan fingerprint density at radius 2 is 2.03 bits per heavy atom. The van der Waals surface area contributed by atoms with Gasteiger partial charge in [-0.2, -0.15) is 5.10 Å². The van der Waals surface area contributed by atoms with Crippen LogP contribution in [0.1, 0.15) is 23.7 Å². The van der Waals surface area contributed by atoms with Crippen molar-refractivity contribution in [3.05, 3.63) is 75.8 Å². The predicted octanol–water partition coefficient (Wildman–Crippen LogP) is 4.93. The molecule has 150 valence electrons. The third-order valence-electron chi connectivity index (χ3n) is 3.81. The molecule has 0 aliphatic rings. The van der Waals surface area contributed by atoms with E-state index in [1.165, 1.54) is 11.3 Å². The van der Waals surface area contributed by atoms with Crippen LogP contribution in [0.2, 0.25) is 5.02 Å². The van der Waals surface area contributed by atoms with Gasteiger partial charge < -0.3 is 9.47 Å². The first-order valence-corrected chi connectivity index (χ1v) is 10.3. The van der Waals surface area contributed by atoms with Crippen LogP contribution in [0.15, 0.2) is 59.0 Å². The van der Waals surface area contributed by atoms with Gasteiger partial charge in [-0.1, -0.05) is 41.9 Å². The van der Waals surface area contributed by atoms with Crippen molar-refractivity contribution in [2.75, 3.05) is 12.0 Å². The SMILES string of the molecule is CCOC(=O)Cc1csc(NN=Cc2ccccc2OCc2ccccc2Cl)n1. The van der Waals surface area contributed by atoms with Crippen LogP contribution < -0.4 is 10.2 Å². The first-order valence-electron chi connectivity index (χ1n) is 9.00. The number of esters is 1. The first-order chi connectivity index (χ1) is 14.2. The monoisotopic (exact) mass is 429 g/mol. The molecule has 0 spiro atoms. The van der Waals surface area contributed by atoms with E-state index in [0.29, 0.717) is 34.8 Å². The smallest absolute Gasteiger partial charge is 0.311 e. The van der Waals surface area contributed by atoms with Gasteiger partial charge in [0.25, 0.3) is 0 Å². The first kappa shape index (κ1) is 20.8. The number of halogens is 1. The van der Waals surface area contributed by atoms with E-state index in [1.54, 1.807) is 18.5 Å². The maximum atomic E-state index is 11.5. The van der Waals surface area contributed by atoms with Crippen molar-refractivity contribution in [1.82, 2.24) is 4.98 Å². The zero-order valence-corrected chi connectivity index (χ0v) is 17.4. The number of thiazole rings is 1. The molecule has 0 amide bonds. The van der Waals surface area contributed by atoms with Crippen molar-refractivity contribution in [3.63, 3.8) is 0 Å². The summed E-state index contributed by atoms with van der Waals surface area (Å²) in [5.74, 6) is 0.401. The number of nitrogens with zero attached hydrogens (tertiary/aromatic N) is 2. The normalized spacial score (nSPS) is 10.8. The Balaban J connectivity index is 1.59. The molecule has 0 saturated carbocycles. The van der Waals surface area contributed by atoms with E-state index in [2.05, 4.69) is 15.5 Å². The van der Waals surface area contributed by atoms with Crippen molar-refractivity contribution in [2.45, 2.75) is 20.0 Å². The second kappa shape index (κ2) is 10.6. The molecule has 1 aromatic heterocycles. The van der Waals surface area contributed by atoms with E-state index in [1.807, 2.05) is 48.5 Å². The summed E-state index contributed by atoms with van der Waals surface area (Å²) in [6.07, 6.45) is 1.81. The Bertz CT molecular complexity index is 991. The van der Waals surface area contributed by atoms with Crippen LogP contribution in [0, 0.1) is 0 Å². The largest absolute Gasteiger partial charge is 0.488 e. The highest BCUT2D eigenvalue weighted by molar-refractivity contribution is 7.13. The number of carbonyl (C=O) groups is 1. The summed E-state index contributed by atoms with van der Waals surface area (Å²) in [6, 6.07) is 15.2. The lowest BCUT2D eigenvalue weighted by Gasteiger charge is -2.10. The second-order valence-corrected chi connectivity index (χ2v) is 7.18. The Labute approximate surface area is 178 Å². The zero-order valence-electron chi connectivity index (χ0n) is 15.8. The zero-order chi connectivity index (χ0) is 20.5. The Morgan fingerprint density at radius 1 is 1.24 bits per heavy atom. The molecule has 0 atom stereocenters. The molecule has 8 heteroatoms. The van der Waals surface area contributed by atoms with Gasteiger partial charge in [0.15, 0.2) is 0 Å². The Hall–Kier alpha value is -2.90. The molecular weight excluding hydrogens is 410 g/mol. The van der Waals surface area contributed by atoms with Crippen LogP contribution in [0.3, 0.4) is 0 Å². The summed E-state index contributed by atoms with van der Waals surface area (Å²) in [5, 5.41) is 7.29. The number of rotatable bonds is 9. The van der Waals surface area contributed by atoms with E-state index in [0.717, 1.165) is 11.1 Å². The maximum Gasteiger partial charge on any atom is 0.311 e. The number of hydrogen-bond acceptors (Lipinski definition) is 7. The molecule has 3 rings (SSSR count). The number of nitrogens with one attached hydrogen (secondary N) is 1. The van der Waals surface area contributed by atoms with Gasteiger partial charge in [-0.3, -0.25) is 10.2 Å². The minimum absolute atomic E-state index is 0.147. The Morgan fingerprint density at radius 3 is 2.86 bits per heavy atom. The lowest BCUT2D eigenvalue weighted by molar-refractivity contribution is -0.142. The molecule has 6 nitrogen and oxygen atoms in total. The van der Waals surface area contributed by atoms with Crippen LogP contribution in [0.4, 0.5) is 5.13 Å². The number of hydrogen-bond donors (Lipinski definition) is 1. The molecule has 0 fully saturated rings. The van der Waals surface area contributed by atoms with Gasteiger partial charge in [0.1, 0.15) is 12.4 Å². The highest BCUT2D eigenvalue weighted by Gasteiger charge is 2.08. The third kappa shape index (κ3) is 6.30. The van der Waals surface area contributed by atoms with Gasteiger partial charge >= 0.3 is 5.97 Å². The average Bonchev–Trinajstić information content (AvgIpc) is 3.15.